The molecule has 1 amide bonds. The molecule has 4 N–H and O–H groups in total. The van der Waals surface area contributed by atoms with E-state index < -0.39 is 34.5 Å². The summed E-state index contributed by atoms with van der Waals surface area (Å²) in [4.78, 5) is 33.5. The van der Waals surface area contributed by atoms with E-state index >= 15 is 0 Å². The van der Waals surface area contributed by atoms with E-state index in [4.69, 9.17) is 9.73 Å². The first-order valence-electron chi connectivity index (χ1n) is 14.8. The van der Waals surface area contributed by atoms with Gasteiger partial charge in [-0.15, -0.1) is 0 Å². The molecule has 45 heavy (non-hydrogen) atoms. The Bertz CT molecular complexity index is 1590. The molecule has 0 spiro atoms. The van der Waals surface area contributed by atoms with E-state index in [0.717, 1.165) is 63.0 Å². The fourth-order valence-electron chi connectivity index (χ4n) is 5.41. The SMILES string of the molecule is COc1ccc(CN2CCN=C2NC2CCN(c3ccc(C(=O)NC(CC(=O)O)NS(=O)(=O)c4ccccc4)cc3)CC2)cc1. The number of amides is 1. The van der Waals surface area contributed by atoms with E-state index in [1.54, 1.807) is 37.4 Å². The number of carboxylic acid groups (broad SMARTS) is 1. The Hall–Kier alpha value is -4.62. The van der Waals surface area contributed by atoms with E-state index in [0.29, 0.717) is 11.6 Å². The first kappa shape index (κ1) is 31.8. The molecule has 238 valence electrons. The fourth-order valence-corrected chi connectivity index (χ4v) is 6.57. The minimum Gasteiger partial charge on any atom is -0.497 e. The second-order valence-electron chi connectivity index (χ2n) is 11.0. The number of anilines is 1. The molecule has 12 nitrogen and oxygen atoms in total. The highest BCUT2D eigenvalue weighted by atomic mass is 32.2. The summed E-state index contributed by atoms with van der Waals surface area (Å²) in [5.41, 5.74) is 2.46. The van der Waals surface area contributed by atoms with Crippen LogP contribution in [-0.4, -0.2) is 81.8 Å². The third-order valence-electron chi connectivity index (χ3n) is 7.82. The van der Waals surface area contributed by atoms with Crippen molar-refractivity contribution in [3.05, 3.63) is 90.0 Å². The third kappa shape index (κ3) is 8.52. The van der Waals surface area contributed by atoms with Gasteiger partial charge in [0.05, 0.1) is 25.0 Å². The number of methoxy groups -OCH3 is 1. The number of benzene rings is 3. The number of nitrogens with one attached hydrogen (secondary N) is 3. The Morgan fingerprint density at radius 3 is 2.31 bits per heavy atom. The Morgan fingerprint density at radius 2 is 1.67 bits per heavy atom. The Labute approximate surface area is 263 Å². The van der Waals surface area contributed by atoms with E-state index in [2.05, 4.69) is 37.3 Å². The summed E-state index contributed by atoms with van der Waals surface area (Å²) in [5, 5.41) is 15.4. The normalized spacial score (nSPS) is 16.2. The predicted molar refractivity (Wildman–Crippen MR) is 171 cm³/mol. The van der Waals surface area contributed by atoms with Gasteiger partial charge in [0, 0.05) is 43.5 Å². The fraction of sp³-hybridized carbons (Fsp3) is 0.344. The van der Waals surface area contributed by atoms with Crippen LogP contribution in [0.25, 0.3) is 0 Å². The topological polar surface area (TPSA) is 153 Å². The molecule has 2 aliphatic rings. The number of aliphatic carboxylic acids is 1. The van der Waals surface area contributed by atoms with Crippen molar-refractivity contribution in [2.75, 3.05) is 38.2 Å². The molecular weight excluding hydrogens is 596 g/mol. The molecule has 2 aliphatic heterocycles. The maximum atomic E-state index is 12.9. The lowest BCUT2D eigenvalue weighted by Gasteiger charge is -2.35. The molecule has 0 saturated carbocycles. The number of piperidine rings is 1. The number of carboxylic acids is 1. The third-order valence-corrected chi connectivity index (χ3v) is 9.31. The minimum atomic E-state index is -4.04. The lowest BCUT2D eigenvalue weighted by Crippen LogP contribution is -2.49. The molecule has 0 bridgehead atoms. The lowest BCUT2D eigenvalue weighted by molar-refractivity contribution is -0.137. The number of aliphatic imine (C=N–C) groups is 1. The predicted octanol–water partition coefficient (Wildman–Crippen LogP) is 2.63. The van der Waals surface area contributed by atoms with Crippen LogP contribution in [-0.2, 0) is 21.4 Å². The summed E-state index contributed by atoms with van der Waals surface area (Å²) in [6, 6.07) is 23.0. The average Bonchev–Trinajstić information content (AvgIpc) is 3.47. The van der Waals surface area contributed by atoms with Crippen molar-refractivity contribution in [3.8, 4) is 5.75 Å². The molecule has 0 radical (unpaired) electrons. The number of hydrogen-bond donors (Lipinski definition) is 4. The van der Waals surface area contributed by atoms with Gasteiger partial charge in [-0.3, -0.25) is 14.6 Å². The number of carbonyl (C=O) groups excluding carboxylic acids is 1. The van der Waals surface area contributed by atoms with Crippen molar-refractivity contribution >= 4 is 33.5 Å². The highest BCUT2D eigenvalue weighted by molar-refractivity contribution is 7.89. The standard InChI is InChI=1S/C32H38N6O6S/c1-44-27-13-7-23(8-14-27)22-38-20-17-33-32(38)34-25-15-18-37(19-16-25)26-11-9-24(10-12-26)31(41)35-29(21-30(39)40)36-45(42,43)28-5-3-2-4-6-28/h2-14,25,29,36H,15-22H2,1H3,(H,33,34)(H,35,41)(H,39,40). The smallest absolute Gasteiger partial charge is 0.306 e. The molecule has 0 aromatic heterocycles. The van der Waals surface area contributed by atoms with Crippen LogP contribution in [0.15, 0.2) is 88.8 Å². The van der Waals surface area contributed by atoms with Crippen molar-refractivity contribution in [1.29, 1.82) is 0 Å². The Morgan fingerprint density at radius 1 is 0.978 bits per heavy atom. The number of guanidine groups is 1. The molecule has 2 heterocycles. The first-order chi connectivity index (χ1) is 21.7. The molecular formula is C32H38N6O6S. The van der Waals surface area contributed by atoms with Crippen LogP contribution in [0.5, 0.6) is 5.75 Å². The van der Waals surface area contributed by atoms with Gasteiger partial charge in [-0.25, -0.2) is 8.42 Å². The van der Waals surface area contributed by atoms with Gasteiger partial charge in [0.2, 0.25) is 10.0 Å². The van der Waals surface area contributed by atoms with Crippen molar-refractivity contribution in [2.24, 2.45) is 4.99 Å². The molecule has 3 aromatic carbocycles. The molecule has 1 fully saturated rings. The van der Waals surface area contributed by atoms with Gasteiger partial charge in [-0.05, 0) is 66.9 Å². The zero-order valence-electron chi connectivity index (χ0n) is 25.1. The van der Waals surface area contributed by atoms with Crippen LogP contribution < -0.4 is 25.0 Å². The summed E-state index contributed by atoms with van der Waals surface area (Å²) in [6.07, 6.45) is -0.0978. The van der Waals surface area contributed by atoms with E-state index in [1.807, 2.05) is 24.3 Å². The van der Waals surface area contributed by atoms with Crippen molar-refractivity contribution in [2.45, 2.75) is 42.9 Å². The highest BCUT2D eigenvalue weighted by Crippen LogP contribution is 2.22. The van der Waals surface area contributed by atoms with Gasteiger partial charge in [0.15, 0.2) is 5.96 Å². The number of sulfonamides is 1. The molecule has 1 unspecified atom stereocenters. The minimum absolute atomic E-state index is 0.0277. The maximum absolute atomic E-state index is 12.9. The van der Waals surface area contributed by atoms with Crippen LogP contribution in [0.4, 0.5) is 5.69 Å². The number of hydrogen-bond acceptors (Lipinski definition) is 9. The highest BCUT2D eigenvalue weighted by Gasteiger charge is 2.26. The molecule has 5 rings (SSSR count). The van der Waals surface area contributed by atoms with Crippen molar-refractivity contribution in [3.63, 3.8) is 0 Å². The van der Waals surface area contributed by atoms with Gasteiger partial charge >= 0.3 is 5.97 Å². The Kier molecular flexibility index (Phi) is 10.2. The van der Waals surface area contributed by atoms with Crippen molar-refractivity contribution < 1.29 is 27.9 Å². The average molecular weight is 635 g/mol. The van der Waals surface area contributed by atoms with E-state index in [1.165, 1.54) is 17.7 Å². The van der Waals surface area contributed by atoms with Crippen LogP contribution in [0.2, 0.25) is 0 Å². The number of rotatable bonds is 12. The quantitative estimate of drug-likeness (QED) is 0.220. The van der Waals surface area contributed by atoms with Gasteiger partial charge < -0.3 is 30.3 Å². The van der Waals surface area contributed by atoms with Gasteiger partial charge in [-0.2, -0.15) is 4.72 Å². The molecule has 1 saturated heterocycles. The van der Waals surface area contributed by atoms with E-state index in [-0.39, 0.29) is 4.90 Å². The zero-order valence-corrected chi connectivity index (χ0v) is 25.9. The van der Waals surface area contributed by atoms with Crippen molar-refractivity contribution in [1.82, 2.24) is 20.3 Å². The summed E-state index contributed by atoms with van der Waals surface area (Å²) in [6.45, 7) is 4.09. The zero-order chi connectivity index (χ0) is 31.8. The van der Waals surface area contributed by atoms with E-state index in [9.17, 15) is 23.1 Å². The second-order valence-corrected chi connectivity index (χ2v) is 12.7. The summed E-state index contributed by atoms with van der Waals surface area (Å²) in [7, 11) is -2.38. The van der Waals surface area contributed by atoms with Crippen LogP contribution in [0, 0.1) is 0 Å². The van der Waals surface area contributed by atoms with Gasteiger partial charge in [0.25, 0.3) is 5.91 Å². The lowest BCUT2D eigenvalue weighted by atomic mass is 10.0. The molecule has 13 heteroatoms. The molecule has 1 atom stereocenters. The largest absolute Gasteiger partial charge is 0.497 e. The monoisotopic (exact) mass is 634 g/mol. The number of carbonyl (C=O) groups is 2. The van der Waals surface area contributed by atoms with Crippen LogP contribution >= 0.6 is 0 Å². The second kappa shape index (κ2) is 14.4. The summed E-state index contributed by atoms with van der Waals surface area (Å²) < 4.78 is 33.0. The Balaban J connectivity index is 1.12. The summed E-state index contributed by atoms with van der Waals surface area (Å²) in [5.74, 6) is -0.0603. The van der Waals surface area contributed by atoms with Gasteiger partial charge in [-0.1, -0.05) is 30.3 Å². The van der Waals surface area contributed by atoms with Crippen LogP contribution in [0.1, 0.15) is 35.2 Å². The van der Waals surface area contributed by atoms with Crippen LogP contribution in [0.3, 0.4) is 0 Å². The summed E-state index contributed by atoms with van der Waals surface area (Å²) >= 11 is 0. The first-order valence-corrected chi connectivity index (χ1v) is 16.3. The molecule has 3 aromatic rings. The maximum Gasteiger partial charge on any atom is 0.306 e. The molecule has 0 aliphatic carbocycles. The van der Waals surface area contributed by atoms with Gasteiger partial charge in [0.1, 0.15) is 11.9 Å². The number of nitrogens with zero attached hydrogens (tertiary/aromatic N) is 3. The number of ether oxygens (including phenoxy) is 1.